The Kier molecular flexibility index (Phi) is 4.53. The number of carbonyl (C=O) groups is 2. The molecule has 3 aromatic rings. The van der Waals surface area contributed by atoms with E-state index in [2.05, 4.69) is 4.98 Å². The highest BCUT2D eigenvalue weighted by Crippen LogP contribution is 2.47. The molecule has 0 spiro atoms. The number of nitrogens with zero attached hydrogens (tertiary/aromatic N) is 3. The highest BCUT2D eigenvalue weighted by atomic mass is 35.5. The molecule has 150 valence electrons. The maximum absolute atomic E-state index is 13.6. The topological polar surface area (TPSA) is 62.7 Å². The lowest BCUT2D eigenvalue weighted by Gasteiger charge is -2.28. The van der Waals surface area contributed by atoms with Crippen molar-refractivity contribution in [1.29, 1.82) is 0 Å². The van der Waals surface area contributed by atoms with Crippen molar-refractivity contribution in [2.45, 2.75) is 19.1 Å². The number of fused-ring (bicyclic) bond motifs is 1. The van der Waals surface area contributed by atoms with E-state index in [9.17, 15) is 9.59 Å². The number of para-hydroxylation sites is 1. The van der Waals surface area contributed by atoms with E-state index in [4.69, 9.17) is 16.4 Å². The molecule has 0 radical (unpaired) electrons. The fraction of sp³-hybridized carbons (Fsp3) is 0.174. The van der Waals surface area contributed by atoms with Gasteiger partial charge in [-0.2, -0.15) is 0 Å². The van der Waals surface area contributed by atoms with Crippen LogP contribution in [0.15, 0.2) is 73.1 Å². The second-order valence-corrected chi connectivity index (χ2v) is 7.75. The summed E-state index contributed by atoms with van der Waals surface area (Å²) in [4.78, 5) is 38.4. The molecular weight excluding hydrogens is 402 g/mol. The number of benzene rings is 2. The van der Waals surface area contributed by atoms with Crippen molar-refractivity contribution in [1.82, 2.24) is 4.98 Å². The van der Waals surface area contributed by atoms with Crippen molar-refractivity contribution in [3.8, 4) is 0 Å². The Hall–Kier alpha value is -3.22. The van der Waals surface area contributed by atoms with Crippen LogP contribution in [0.3, 0.4) is 0 Å². The number of imide groups is 1. The lowest BCUT2D eigenvalue weighted by Crippen LogP contribution is -2.37. The quantitative estimate of drug-likeness (QED) is 0.598. The molecule has 2 aliphatic rings. The molecule has 2 fully saturated rings. The first-order valence-electron chi connectivity index (χ1n) is 9.62. The molecule has 2 aromatic carbocycles. The third kappa shape index (κ3) is 2.80. The zero-order valence-electron chi connectivity index (χ0n) is 16.1. The first-order chi connectivity index (χ1) is 14.6. The number of carbonyl (C=O) groups excluding carboxylic acids is 2. The van der Waals surface area contributed by atoms with E-state index < -0.39 is 18.1 Å². The van der Waals surface area contributed by atoms with Gasteiger partial charge in [0.1, 0.15) is 5.92 Å². The average molecular weight is 420 g/mol. The number of halogens is 1. The van der Waals surface area contributed by atoms with Gasteiger partial charge >= 0.3 is 0 Å². The fourth-order valence-corrected chi connectivity index (χ4v) is 4.35. The fourth-order valence-electron chi connectivity index (χ4n) is 4.18. The van der Waals surface area contributed by atoms with Crippen molar-refractivity contribution in [2.75, 3.05) is 9.96 Å². The van der Waals surface area contributed by atoms with Crippen LogP contribution in [0.5, 0.6) is 0 Å². The largest absolute Gasteiger partial charge is 0.273 e. The molecule has 2 aliphatic heterocycles. The van der Waals surface area contributed by atoms with Crippen LogP contribution in [0.1, 0.15) is 17.2 Å². The summed E-state index contributed by atoms with van der Waals surface area (Å²) in [6.07, 6.45) is 2.46. The van der Waals surface area contributed by atoms with E-state index in [0.29, 0.717) is 16.3 Å². The summed E-state index contributed by atoms with van der Waals surface area (Å²) in [5.41, 5.74) is 2.75. The molecule has 0 aliphatic carbocycles. The minimum atomic E-state index is -0.915. The molecule has 0 saturated carbocycles. The zero-order valence-corrected chi connectivity index (χ0v) is 16.9. The summed E-state index contributed by atoms with van der Waals surface area (Å²) in [6, 6.07) is 17.9. The summed E-state index contributed by atoms with van der Waals surface area (Å²) in [5.74, 6) is -1.38. The van der Waals surface area contributed by atoms with E-state index in [1.54, 1.807) is 42.6 Å². The van der Waals surface area contributed by atoms with Gasteiger partial charge in [-0.1, -0.05) is 41.9 Å². The van der Waals surface area contributed by atoms with Crippen LogP contribution in [0.25, 0.3) is 0 Å². The SMILES string of the molecule is Cc1c(Cl)cccc1N1C(=O)[C@H]2[C@@H](c3cccnc3)N(c3ccccc3)O[C@H]2C1=O. The standard InChI is InChI=1S/C23H18ClN3O3/c1-14-17(24)10-5-11-18(14)26-22(28)19-20(15-7-6-12-25-13-15)27(30-21(19)23(26)29)16-8-3-2-4-9-16/h2-13,19-21H,1H3/t19-,20+,21+/m0/s1. The molecular formula is C23H18ClN3O3. The van der Waals surface area contributed by atoms with E-state index in [-0.39, 0.29) is 11.8 Å². The van der Waals surface area contributed by atoms with Crippen molar-refractivity contribution in [3.63, 3.8) is 0 Å². The molecule has 2 amide bonds. The Morgan fingerprint density at radius 2 is 1.77 bits per heavy atom. The van der Waals surface area contributed by atoms with Gasteiger partial charge in [0.25, 0.3) is 5.91 Å². The number of rotatable bonds is 3. The molecule has 2 saturated heterocycles. The van der Waals surface area contributed by atoms with Gasteiger partial charge in [0, 0.05) is 17.4 Å². The van der Waals surface area contributed by atoms with Gasteiger partial charge in [-0.15, -0.1) is 0 Å². The third-order valence-electron chi connectivity index (χ3n) is 5.63. The van der Waals surface area contributed by atoms with Gasteiger partial charge in [-0.25, -0.2) is 9.96 Å². The van der Waals surface area contributed by atoms with Crippen LogP contribution in [0.4, 0.5) is 11.4 Å². The van der Waals surface area contributed by atoms with E-state index in [1.165, 1.54) is 4.90 Å². The lowest BCUT2D eigenvalue weighted by molar-refractivity contribution is -0.126. The summed E-state index contributed by atoms with van der Waals surface area (Å²) >= 11 is 6.24. The Morgan fingerprint density at radius 3 is 2.50 bits per heavy atom. The molecule has 6 nitrogen and oxygen atoms in total. The minimum Gasteiger partial charge on any atom is -0.273 e. The molecule has 3 heterocycles. The number of hydroxylamine groups is 1. The molecule has 3 atom stereocenters. The zero-order chi connectivity index (χ0) is 20.8. The van der Waals surface area contributed by atoms with Gasteiger partial charge in [0.2, 0.25) is 5.91 Å². The van der Waals surface area contributed by atoms with E-state index in [0.717, 1.165) is 11.3 Å². The van der Waals surface area contributed by atoms with Crippen LogP contribution in [0.2, 0.25) is 5.02 Å². The summed E-state index contributed by atoms with van der Waals surface area (Å²) in [6.45, 7) is 1.79. The van der Waals surface area contributed by atoms with Crippen molar-refractivity contribution in [2.24, 2.45) is 5.92 Å². The normalized spacial score (nSPS) is 23.2. The second-order valence-electron chi connectivity index (χ2n) is 7.34. The summed E-state index contributed by atoms with van der Waals surface area (Å²) in [5, 5.41) is 2.16. The maximum Gasteiger partial charge on any atom is 0.266 e. The first-order valence-corrected chi connectivity index (χ1v) is 9.99. The Balaban J connectivity index is 1.60. The lowest BCUT2D eigenvalue weighted by atomic mass is 9.91. The summed E-state index contributed by atoms with van der Waals surface area (Å²) < 4.78 is 0. The van der Waals surface area contributed by atoms with Gasteiger partial charge in [-0.05, 0) is 48.4 Å². The van der Waals surface area contributed by atoms with Gasteiger partial charge in [-0.3, -0.25) is 19.4 Å². The van der Waals surface area contributed by atoms with Crippen LogP contribution in [0, 0.1) is 12.8 Å². The number of pyridine rings is 1. The monoisotopic (exact) mass is 419 g/mol. The van der Waals surface area contributed by atoms with Crippen LogP contribution in [-0.2, 0) is 14.4 Å². The van der Waals surface area contributed by atoms with Crippen LogP contribution >= 0.6 is 11.6 Å². The Labute approximate surface area is 178 Å². The average Bonchev–Trinajstić information content (AvgIpc) is 3.28. The van der Waals surface area contributed by atoms with E-state index in [1.807, 2.05) is 42.5 Å². The predicted octanol–water partition coefficient (Wildman–Crippen LogP) is 4.09. The van der Waals surface area contributed by atoms with Crippen molar-refractivity contribution < 1.29 is 14.4 Å². The smallest absolute Gasteiger partial charge is 0.266 e. The molecule has 1 aromatic heterocycles. The first kappa shape index (κ1) is 18.8. The van der Waals surface area contributed by atoms with Crippen molar-refractivity contribution >= 4 is 34.8 Å². The maximum atomic E-state index is 13.6. The molecule has 0 N–H and O–H groups in total. The van der Waals surface area contributed by atoms with Gasteiger partial charge in [0.15, 0.2) is 6.10 Å². The number of anilines is 2. The van der Waals surface area contributed by atoms with Crippen LogP contribution in [-0.4, -0.2) is 22.9 Å². The minimum absolute atomic E-state index is 0.303. The number of hydrogen-bond donors (Lipinski definition) is 0. The number of hydrogen-bond acceptors (Lipinski definition) is 5. The molecule has 5 rings (SSSR count). The number of amides is 2. The highest BCUT2D eigenvalue weighted by molar-refractivity contribution is 6.32. The van der Waals surface area contributed by atoms with Gasteiger partial charge in [0.05, 0.1) is 17.4 Å². The third-order valence-corrected chi connectivity index (χ3v) is 6.04. The molecule has 0 bridgehead atoms. The van der Waals surface area contributed by atoms with Crippen LogP contribution < -0.4 is 9.96 Å². The molecule has 0 unspecified atom stereocenters. The molecule has 30 heavy (non-hydrogen) atoms. The Morgan fingerprint density at radius 1 is 0.967 bits per heavy atom. The summed E-state index contributed by atoms with van der Waals surface area (Å²) in [7, 11) is 0. The molecule has 7 heteroatoms. The predicted molar refractivity (Wildman–Crippen MR) is 113 cm³/mol. The van der Waals surface area contributed by atoms with E-state index >= 15 is 0 Å². The number of aromatic nitrogens is 1. The second kappa shape index (κ2) is 7.23. The van der Waals surface area contributed by atoms with Gasteiger partial charge < -0.3 is 0 Å². The highest BCUT2D eigenvalue weighted by Gasteiger charge is 2.60. The Bertz CT molecular complexity index is 1120. The van der Waals surface area contributed by atoms with Crippen molar-refractivity contribution in [3.05, 3.63) is 89.2 Å².